The van der Waals surface area contributed by atoms with Crippen molar-refractivity contribution in [1.29, 1.82) is 0 Å². The predicted octanol–water partition coefficient (Wildman–Crippen LogP) is 5.68. The molecule has 31 heavy (non-hydrogen) atoms. The van der Waals surface area contributed by atoms with E-state index >= 15 is 0 Å². The number of hydrogen-bond donors (Lipinski definition) is 0. The molecule has 1 aromatic rings. The summed E-state index contributed by atoms with van der Waals surface area (Å²) in [7, 11) is -3.89. The molecule has 1 aromatic carbocycles. The zero-order chi connectivity index (χ0) is 22.0. The number of carbonyl (C=O) groups is 1. The third-order valence-corrected chi connectivity index (χ3v) is 11.2. The standard InChI is InChI=1S/C26H36O4S/c1-17-7-10-19(11-8-17)31(28,29)30-23-16-22(27)24-20-12-9-18-6-4-5-14-25(18,2)21(20)13-15-26(23,24)3/h7-8,10-11,18,20-21,23-24H,4-6,9,12-16H2,1-3H3/t18-,20-,21+,23-,24-,25+,26-/m1/s1. The van der Waals surface area contributed by atoms with Crippen LogP contribution in [0.25, 0.3) is 0 Å². The highest BCUT2D eigenvalue weighted by atomic mass is 32.2. The summed E-state index contributed by atoms with van der Waals surface area (Å²) in [5, 5.41) is 0. The maximum Gasteiger partial charge on any atom is 0.297 e. The van der Waals surface area contributed by atoms with Crippen molar-refractivity contribution in [3.05, 3.63) is 29.8 Å². The molecule has 0 heterocycles. The average molecular weight is 445 g/mol. The second kappa shape index (κ2) is 7.41. The average Bonchev–Trinajstić information content (AvgIpc) is 2.97. The molecular weight excluding hydrogens is 408 g/mol. The minimum atomic E-state index is -3.89. The van der Waals surface area contributed by atoms with Gasteiger partial charge in [-0.3, -0.25) is 8.98 Å². The number of aryl methyl sites for hydroxylation is 1. The van der Waals surface area contributed by atoms with Gasteiger partial charge in [-0.25, -0.2) is 0 Å². The van der Waals surface area contributed by atoms with Crippen molar-refractivity contribution in [3.8, 4) is 0 Å². The number of rotatable bonds is 3. The molecule has 7 atom stereocenters. The molecule has 4 saturated carbocycles. The molecule has 170 valence electrons. The molecule has 5 rings (SSSR count). The van der Waals surface area contributed by atoms with Crippen LogP contribution in [0.5, 0.6) is 0 Å². The number of fused-ring (bicyclic) bond motifs is 5. The fraction of sp³-hybridized carbons (Fsp3) is 0.731. The van der Waals surface area contributed by atoms with E-state index in [-0.39, 0.29) is 28.4 Å². The lowest BCUT2D eigenvalue weighted by Gasteiger charge is -2.59. The van der Waals surface area contributed by atoms with Crippen molar-refractivity contribution >= 4 is 15.9 Å². The lowest BCUT2D eigenvalue weighted by Crippen LogP contribution is -2.54. The first-order chi connectivity index (χ1) is 14.6. The zero-order valence-corrected chi connectivity index (χ0v) is 19.9. The first-order valence-electron chi connectivity index (χ1n) is 12.2. The van der Waals surface area contributed by atoms with Gasteiger partial charge in [-0.15, -0.1) is 0 Å². The Labute approximate surface area is 187 Å². The molecule has 0 aliphatic heterocycles. The Morgan fingerprint density at radius 1 is 0.935 bits per heavy atom. The Hall–Kier alpha value is -1.20. The Morgan fingerprint density at radius 3 is 2.42 bits per heavy atom. The van der Waals surface area contributed by atoms with Gasteiger partial charge in [0.05, 0.1) is 11.0 Å². The fourth-order valence-electron chi connectivity index (χ4n) is 8.10. The lowest BCUT2D eigenvalue weighted by molar-refractivity contribution is -0.141. The van der Waals surface area contributed by atoms with Gasteiger partial charge in [0.1, 0.15) is 5.78 Å². The second-order valence-electron chi connectivity index (χ2n) is 11.3. The molecule has 4 aliphatic rings. The molecular formula is C26H36O4S. The van der Waals surface area contributed by atoms with Crippen LogP contribution < -0.4 is 0 Å². The maximum absolute atomic E-state index is 13.3. The molecule has 0 bridgehead atoms. The van der Waals surface area contributed by atoms with Crippen LogP contribution in [-0.4, -0.2) is 20.3 Å². The quantitative estimate of drug-likeness (QED) is 0.563. The lowest BCUT2D eigenvalue weighted by atomic mass is 9.45. The minimum Gasteiger partial charge on any atom is -0.299 e. The Morgan fingerprint density at radius 2 is 1.68 bits per heavy atom. The van der Waals surface area contributed by atoms with Crippen molar-refractivity contribution in [2.45, 2.75) is 89.6 Å². The molecule has 4 aliphatic carbocycles. The van der Waals surface area contributed by atoms with Gasteiger partial charge < -0.3 is 0 Å². The molecule has 0 saturated heterocycles. The van der Waals surface area contributed by atoms with Crippen molar-refractivity contribution in [3.63, 3.8) is 0 Å². The van der Waals surface area contributed by atoms with Crippen molar-refractivity contribution < 1.29 is 17.4 Å². The van der Waals surface area contributed by atoms with Crippen LogP contribution in [-0.2, 0) is 19.1 Å². The second-order valence-corrected chi connectivity index (χ2v) is 12.9. The van der Waals surface area contributed by atoms with Crippen LogP contribution in [0.1, 0.15) is 77.2 Å². The first kappa shape index (κ1) is 21.6. The van der Waals surface area contributed by atoms with E-state index in [1.165, 1.54) is 32.1 Å². The first-order valence-corrected chi connectivity index (χ1v) is 13.6. The van der Waals surface area contributed by atoms with E-state index in [1.807, 2.05) is 6.92 Å². The summed E-state index contributed by atoms with van der Waals surface area (Å²) in [5.74, 6) is 1.97. The Kier molecular flexibility index (Phi) is 5.17. The van der Waals surface area contributed by atoms with Crippen LogP contribution in [0.15, 0.2) is 29.2 Å². The summed E-state index contributed by atoms with van der Waals surface area (Å²) in [6.07, 6.45) is 9.32. The summed E-state index contributed by atoms with van der Waals surface area (Å²) in [6.45, 7) is 6.55. The number of benzene rings is 1. The van der Waals surface area contributed by atoms with E-state index in [0.29, 0.717) is 17.3 Å². The third-order valence-electron chi connectivity index (χ3n) is 9.82. The van der Waals surface area contributed by atoms with E-state index in [9.17, 15) is 13.2 Å². The highest BCUT2D eigenvalue weighted by Crippen LogP contribution is 2.66. The SMILES string of the molecule is Cc1ccc(S(=O)(=O)O[C@@H]2CC(=O)[C@H]3[C@@H]4CC[C@H]5CCCC[C@]5(C)[C@H]4CC[C@]23C)cc1. The number of hydrogen-bond acceptors (Lipinski definition) is 4. The summed E-state index contributed by atoms with van der Waals surface area (Å²) < 4.78 is 31.9. The van der Waals surface area contributed by atoms with Crippen molar-refractivity contribution in [2.24, 2.45) is 34.5 Å². The van der Waals surface area contributed by atoms with E-state index in [1.54, 1.807) is 24.3 Å². The Bertz CT molecular complexity index is 968. The van der Waals surface area contributed by atoms with Crippen LogP contribution in [0, 0.1) is 41.4 Å². The monoisotopic (exact) mass is 444 g/mol. The fourth-order valence-corrected chi connectivity index (χ4v) is 9.27. The van der Waals surface area contributed by atoms with E-state index in [4.69, 9.17) is 4.18 Å². The third kappa shape index (κ3) is 3.33. The van der Waals surface area contributed by atoms with Crippen LogP contribution in [0.3, 0.4) is 0 Å². The maximum atomic E-state index is 13.3. The summed E-state index contributed by atoms with van der Waals surface area (Å²) >= 11 is 0. The van der Waals surface area contributed by atoms with E-state index < -0.39 is 16.2 Å². The molecule has 4 fully saturated rings. The normalized spacial score (nSPS) is 42.5. The van der Waals surface area contributed by atoms with Crippen LogP contribution >= 0.6 is 0 Å². The molecule has 0 N–H and O–H groups in total. The van der Waals surface area contributed by atoms with Gasteiger partial charge in [0, 0.05) is 17.8 Å². The van der Waals surface area contributed by atoms with Crippen molar-refractivity contribution in [1.82, 2.24) is 0 Å². The molecule has 0 unspecified atom stereocenters. The molecule has 0 radical (unpaired) electrons. The van der Waals surface area contributed by atoms with Crippen LogP contribution in [0.2, 0.25) is 0 Å². The minimum absolute atomic E-state index is 0.0517. The van der Waals surface area contributed by atoms with Gasteiger partial charge in [0.2, 0.25) is 0 Å². The number of ketones is 1. The highest BCUT2D eigenvalue weighted by molar-refractivity contribution is 7.86. The predicted molar refractivity (Wildman–Crippen MR) is 120 cm³/mol. The molecule has 0 amide bonds. The summed E-state index contributed by atoms with van der Waals surface area (Å²) in [6, 6.07) is 6.77. The van der Waals surface area contributed by atoms with E-state index in [0.717, 1.165) is 30.7 Å². The summed E-state index contributed by atoms with van der Waals surface area (Å²) in [4.78, 5) is 13.5. The molecule has 0 spiro atoms. The number of carbonyl (C=O) groups excluding carboxylic acids is 1. The molecule has 5 heteroatoms. The van der Waals surface area contributed by atoms with Gasteiger partial charge in [-0.1, -0.05) is 44.4 Å². The topological polar surface area (TPSA) is 60.4 Å². The molecule has 0 aromatic heterocycles. The highest BCUT2D eigenvalue weighted by Gasteiger charge is 2.63. The van der Waals surface area contributed by atoms with Gasteiger partial charge >= 0.3 is 0 Å². The van der Waals surface area contributed by atoms with Gasteiger partial charge in [0.25, 0.3) is 10.1 Å². The van der Waals surface area contributed by atoms with Gasteiger partial charge in [-0.2, -0.15) is 8.42 Å². The molecule has 4 nitrogen and oxygen atoms in total. The van der Waals surface area contributed by atoms with E-state index in [2.05, 4.69) is 13.8 Å². The number of Topliss-reactive ketones (excluding diaryl/α,β-unsaturated/α-hetero) is 1. The Balaban J connectivity index is 1.41. The van der Waals surface area contributed by atoms with Gasteiger partial charge in [0.15, 0.2) is 0 Å². The zero-order valence-electron chi connectivity index (χ0n) is 19.1. The van der Waals surface area contributed by atoms with Crippen LogP contribution in [0.4, 0.5) is 0 Å². The smallest absolute Gasteiger partial charge is 0.297 e. The van der Waals surface area contributed by atoms with Crippen molar-refractivity contribution in [2.75, 3.05) is 0 Å². The summed E-state index contributed by atoms with van der Waals surface area (Å²) in [5.41, 5.74) is 0.982. The largest absolute Gasteiger partial charge is 0.299 e. The van der Waals surface area contributed by atoms with Gasteiger partial charge in [-0.05, 0) is 80.8 Å².